The van der Waals surface area contributed by atoms with E-state index in [9.17, 15) is 32.8 Å². The largest absolute Gasteiger partial charge is 0.444 e. The Hall–Kier alpha value is -2.79. The highest BCUT2D eigenvalue weighted by Gasteiger charge is 2.59. The van der Waals surface area contributed by atoms with Crippen molar-refractivity contribution in [2.45, 2.75) is 121 Å². The number of primary amides is 1. The van der Waals surface area contributed by atoms with E-state index in [0.29, 0.717) is 12.8 Å². The summed E-state index contributed by atoms with van der Waals surface area (Å²) in [7, 11) is 0. The molecule has 4 N–H and O–H groups in total. The number of alkyl carbamates (subject to hydrolysis) is 1. The molecule has 0 spiro atoms. The second kappa shape index (κ2) is 12.2. The highest BCUT2D eigenvalue weighted by molar-refractivity contribution is 6.37. The number of Topliss-reactive ketones (excluding diaryl/α,β-unsaturated/α-hetero) is 1. The van der Waals surface area contributed by atoms with Gasteiger partial charge in [-0.1, -0.05) is 38.5 Å². The zero-order valence-corrected chi connectivity index (χ0v) is 24.3. The SMILES string of the molecule is CC(C)(C)OC(=O)N[C@H](C(=O)N1C[C@@H]2CC(F)(F)C[C@@H]2[C@H]1C(=O)NC(CC1CCC1)C(=O)C(N)=O)C1CCCCC1. The van der Waals surface area contributed by atoms with Crippen molar-refractivity contribution >= 4 is 29.6 Å². The Kier molecular flexibility index (Phi) is 9.28. The molecule has 230 valence electrons. The van der Waals surface area contributed by atoms with E-state index < -0.39 is 83.9 Å². The fourth-order valence-electron chi connectivity index (χ4n) is 7.04. The van der Waals surface area contributed by atoms with E-state index in [-0.39, 0.29) is 24.8 Å². The van der Waals surface area contributed by atoms with Crippen LogP contribution in [0, 0.1) is 23.7 Å². The molecule has 1 aliphatic heterocycles. The third-order valence-electron chi connectivity index (χ3n) is 9.15. The molecule has 4 fully saturated rings. The molecule has 1 heterocycles. The molecule has 3 aliphatic carbocycles. The lowest BCUT2D eigenvalue weighted by atomic mass is 9.80. The van der Waals surface area contributed by atoms with E-state index in [2.05, 4.69) is 10.6 Å². The smallest absolute Gasteiger partial charge is 0.408 e. The second-order valence-corrected chi connectivity index (χ2v) is 13.5. The molecule has 10 nitrogen and oxygen atoms in total. The number of nitrogens with zero attached hydrogens (tertiary/aromatic N) is 1. The van der Waals surface area contributed by atoms with E-state index in [0.717, 1.165) is 38.5 Å². The van der Waals surface area contributed by atoms with Crippen LogP contribution >= 0.6 is 0 Å². The molecule has 3 saturated carbocycles. The van der Waals surface area contributed by atoms with Gasteiger partial charge in [0.15, 0.2) is 0 Å². The summed E-state index contributed by atoms with van der Waals surface area (Å²) >= 11 is 0. The number of alkyl halides is 2. The van der Waals surface area contributed by atoms with Crippen molar-refractivity contribution in [1.29, 1.82) is 0 Å². The van der Waals surface area contributed by atoms with Crippen LogP contribution in [-0.4, -0.2) is 70.7 Å². The molecule has 1 unspecified atom stereocenters. The first-order chi connectivity index (χ1) is 19.1. The molecule has 5 atom stereocenters. The van der Waals surface area contributed by atoms with Gasteiger partial charge < -0.3 is 26.0 Å². The lowest BCUT2D eigenvalue weighted by molar-refractivity contribution is -0.144. The molecule has 4 rings (SSSR count). The van der Waals surface area contributed by atoms with Crippen LogP contribution in [0.5, 0.6) is 0 Å². The van der Waals surface area contributed by atoms with Gasteiger partial charge in [-0.2, -0.15) is 0 Å². The molecule has 1 saturated heterocycles. The van der Waals surface area contributed by atoms with Gasteiger partial charge in [0.1, 0.15) is 17.7 Å². The first-order valence-corrected chi connectivity index (χ1v) is 15.0. The first-order valence-electron chi connectivity index (χ1n) is 15.0. The molecular formula is C29H44F2N4O6. The van der Waals surface area contributed by atoms with Crippen molar-refractivity contribution in [3.05, 3.63) is 0 Å². The van der Waals surface area contributed by atoms with Gasteiger partial charge in [0.2, 0.25) is 23.5 Å². The summed E-state index contributed by atoms with van der Waals surface area (Å²) in [4.78, 5) is 66.4. The summed E-state index contributed by atoms with van der Waals surface area (Å²) in [6.07, 6.45) is 5.27. The minimum Gasteiger partial charge on any atom is -0.444 e. The van der Waals surface area contributed by atoms with Crippen LogP contribution in [0.3, 0.4) is 0 Å². The topological polar surface area (TPSA) is 148 Å². The maximum Gasteiger partial charge on any atom is 0.408 e. The van der Waals surface area contributed by atoms with Crippen LogP contribution in [0.25, 0.3) is 0 Å². The lowest BCUT2D eigenvalue weighted by Crippen LogP contribution is -2.59. The molecule has 0 bridgehead atoms. The Morgan fingerprint density at radius 1 is 0.976 bits per heavy atom. The predicted molar refractivity (Wildman–Crippen MR) is 144 cm³/mol. The van der Waals surface area contributed by atoms with Crippen LogP contribution in [0.15, 0.2) is 0 Å². The zero-order chi connectivity index (χ0) is 30.1. The number of amides is 4. The minimum atomic E-state index is -2.98. The number of carbonyl (C=O) groups is 5. The van der Waals surface area contributed by atoms with Gasteiger partial charge >= 0.3 is 6.09 Å². The zero-order valence-electron chi connectivity index (χ0n) is 24.3. The molecule has 0 aromatic heterocycles. The quantitative estimate of drug-likeness (QED) is 0.356. The molecule has 0 aromatic rings. The van der Waals surface area contributed by atoms with E-state index >= 15 is 0 Å². The molecule has 4 aliphatic rings. The van der Waals surface area contributed by atoms with E-state index in [1.54, 1.807) is 20.8 Å². The Labute approximate surface area is 239 Å². The van der Waals surface area contributed by atoms with E-state index in [1.807, 2.05) is 0 Å². The number of ether oxygens (including phenoxy) is 1. The van der Waals surface area contributed by atoms with Crippen molar-refractivity contribution in [2.24, 2.45) is 29.4 Å². The third kappa shape index (κ3) is 7.54. The normalized spacial score (nSPS) is 27.7. The van der Waals surface area contributed by atoms with Gasteiger partial charge in [-0.05, 0) is 63.7 Å². The number of hydrogen-bond acceptors (Lipinski definition) is 6. The van der Waals surface area contributed by atoms with Crippen molar-refractivity contribution in [3.8, 4) is 0 Å². The van der Waals surface area contributed by atoms with Gasteiger partial charge in [-0.3, -0.25) is 19.2 Å². The van der Waals surface area contributed by atoms with Crippen LogP contribution in [0.2, 0.25) is 0 Å². The van der Waals surface area contributed by atoms with Gasteiger partial charge in [-0.15, -0.1) is 0 Å². The number of carbonyl (C=O) groups excluding carboxylic acids is 5. The summed E-state index contributed by atoms with van der Waals surface area (Å²) < 4.78 is 34.4. The fraction of sp³-hybridized carbons (Fsp3) is 0.828. The molecule has 4 amide bonds. The average molecular weight is 583 g/mol. The Morgan fingerprint density at radius 2 is 1.63 bits per heavy atom. The highest BCUT2D eigenvalue weighted by atomic mass is 19.3. The van der Waals surface area contributed by atoms with Crippen LogP contribution in [0.4, 0.5) is 13.6 Å². The van der Waals surface area contributed by atoms with Gasteiger partial charge in [0.05, 0.1) is 6.04 Å². The first kappa shape index (κ1) is 31.2. The Bertz CT molecular complexity index is 1040. The summed E-state index contributed by atoms with van der Waals surface area (Å²) in [5, 5.41) is 5.34. The maximum atomic E-state index is 14.5. The molecular weight excluding hydrogens is 538 g/mol. The summed E-state index contributed by atoms with van der Waals surface area (Å²) in [5.74, 6) is -7.86. The van der Waals surface area contributed by atoms with Gasteiger partial charge in [0.25, 0.3) is 5.91 Å². The van der Waals surface area contributed by atoms with Crippen LogP contribution in [0.1, 0.15) is 91.4 Å². The van der Waals surface area contributed by atoms with E-state index in [1.165, 1.54) is 4.90 Å². The van der Waals surface area contributed by atoms with Crippen molar-refractivity contribution < 1.29 is 37.5 Å². The number of fused-ring (bicyclic) bond motifs is 1. The van der Waals surface area contributed by atoms with Crippen molar-refractivity contribution in [1.82, 2.24) is 15.5 Å². The fourth-order valence-corrected chi connectivity index (χ4v) is 7.04. The second-order valence-electron chi connectivity index (χ2n) is 13.5. The number of nitrogens with two attached hydrogens (primary N) is 1. The summed E-state index contributed by atoms with van der Waals surface area (Å²) in [5.41, 5.74) is 4.45. The van der Waals surface area contributed by atoms with Crippen LogP contribution < -0.4 is 16.4 Å². The highest BCUT2D eigenvalue weighted by Crippen LogP contribution is 2.50. The van der Waals surface area contributed by atoms with Gasteiger partial charge in [-0.25, -0.2) is 13.6 Å². The minimum absolute atomic E-state index is 0.0621. The van der Waals surface area contributed by atoms with Crippen molar-refractivity contribution in [2.75, 3.05) is 6.54 Å². The predicted octanol–water partition coefficient (Wildman–Crippen LogP) is 3.06. The number of hydrogen-bond donors (Lipinski definition) is 3. The Balaban J connectivity index is 1.60. The molecule has 0 radical (unpaired) electrons. The summed E-state index contributed by atoms with van der Waals surface area (Å²) in [6.45, 7) is 5.06. The number of likely N-dealkylation sites (tertiary alicyclic amines) is 1. The number of nitrogens with one attached hydrogen (secondary N) is 2. The third-order valence-corrected chi connectivity index (χ3v) is 9.15. The average Bonchev–Trinajstić information content (AvgIpc) is 3.33. The van der Waals surface area contributed by atoms with Gasteiger partial charge in [0, 0.05) is 19.4 Å². The standard InChI is InChI=1S/C29H44F2N4O6/c1-28(2,3)41-27(40)34-21(17-10-5-4-6-11-17)26(39)35-15-18-13-29(30,31)14-19(18)22(35)25(38)33-20(23(36)24(32)37)12-16-8-7-9-16/h16-22H,4-15H2,1-3H3,(H2,32,37)(H,33,38)(H,34,40)/t18-,19-,20?,21-,22-/m0/s1. The molecule has 12 heteroatoms. The number of ketones is 1. The van der Waals surface area contributed by atoms with E-state index in [4.69, 9.17) is 10.5 Å². The van der Waals surface area contributed by atoms with Crippen LogP contribution in [-0.2, 0) is 23.9 Å². The van der Waals surface area contributed by atoms with Crippen molar-refractivity contribution in [3.63, 3.8) is 0 Å². The monoisotopic (exact) mass is 582 g/mol. The molecule has 0 aromatic carbocycles. The molecule has 41 heavy (non-hydrogen) atoms. The summed E-state index contributed by atoms with van der Waals surface area (Å²) in [6, 6.07) is -3.44. The lowest BCUT2D eigenvalue weighted by Gasteiger charge is -2.36. The Morgan fingerprint density at radius 3 is 2.20 bits per heavy atom. The number of rotatable bonds is 9. The number of halogens is 2. The maximum absolute atomic E-state index is 14.5.